The van der Waals surface area contributed by atoms with Crippen molar-refractivity contribution in [2.24, 2.45) is 0 Å². The van der Waals surface area contributed by atoms with Crippen LogP contribution in [-0.2, 0) is 6.42 Å². The molecule has 1 N–H and O–H groups in total. The first-order chi connectivity index (χ1) is 6.79. The summed E-state index contributed by atoms with van der Waals surface area (Å²) in [5.74, 6) is 0. The van der Waals surface area contributed by atoms with Crippen molar-refractivity contribution >= 4 is 23.7 Å². The van der Waals surface area contributed by atoms with Gasteiger partial charge in [-0.3, -0.25) is 0 Å². The van der Waals surface area contributed by atoms with E-state index in [-0.39, 0.29) is 0 Å². The van der Waals surface area contributed by atoms with Gasteiger partial charge >= 0.3 is 0 Å². The van der Waals surface area contributed by atoms with Crippen LogP contribution in [0.3, 0.4) is 0 Å². The Hall–Kier alpha value is -0.960. The van der Waals surface area contributed by atoms with Crippen molar-refractivity contribution in [3.05, 3.63) is 23.8 Å². The van der Waals surface area contributed by atoms with Gasteiger partial charge in [0.2, 0.25) is 0 Å². The van der Waals surface area contributed by atoms with Gasteiger partial charge in [0, 0.05) is 0 Å². The predicted octanol–water partition coefficient (Wildman–Crippen LogP) is 3.19. The van der Waals surface area contributed by atoms with Crippen LogP contribution < -0.4 is 0 Å². The maximum Gasteiger partial charge on any atom is 0.163 e. The molecule has 2 nitrogen and oxygen atoms in total. The van der Waals surface area contributed by atoms with Crippen molar-refractivity contribution in [1.82, 2.24) is 9.97 Å². The van der Waals surface area contributed by atoms with Gasteiger partial charge in [0.05, 0.1) is 11.0 Å². The zero-order valence-electron chi connectivity index (χ0n) is 8.25. The highest BCUT2D eigenvalue weighted by molar-refractivity contribution is 7.80. The predicted molar refractivity (Wildman–Crippen MR) is 62.0 cm³/mol. The number of aryl methyl sites for hydroxylation is 1. The number of nitrogens with one attached hydrogen (secondary N) is 1. The van der Waals surface area contributed by atoms with Gasteiger partial charge in [-0.15, -0.1) is 12.6 Å². The van der Waals surface area contributed by atoms with Crippen LogP contribution in [-0.4, -0.2) is 9.97 Å². The molecule has 1 aromatic heterocycles. The van der Waals surface area contributed by atoms with Crippen molar-refractivity contribution in [2.45, 2.75) is 31.3 Å². The Labute approximate surface area is 89.2 Å². The summed E-state index contributed by atoms with van der Waals surface area (Å²) in [5, 5.41) is 0.688. The van der Waals surface area contributed by atoms with Crippen LogP contribution in [0.1, 0.15) is 25.3 Å². The van der Waals surface area contributed by atoms with Gasteiger partial charge in [0.1, 0.15) is 0 Å². The SMILES string of the molecule is CCCCc1ccc2nc(S)[nH]c2c1. The summed E-state index contributed by atoms with van der Waals surface area (Å²) in [6.07, 6.45) is 3.62. The van der Waals surface area contributed by atoms with Crippen LogP contribution in [0.5, 0.6) is 0 Å². The number of hydrogen-bond donors (Lipinski definition) is 2. The van der Waals surface area contributed by atoms with E-state index in [0.29, 0.717) is 5.16 Å². The second kappa shape index (κ2) is 4.05. The summed E-state index contributed by atoms with van der Waals surface area (Å²) < 4.78 is 0. The molecule has 0 amide bonds. The standard InChI is InChI=1S/C11H14N2S/c1-2-3-4-8-5-6-9-10(7-8)13-11(14)12-9/h5-7H,2-4H2,1H3,(H2,12,13,14). The van der Waals surface area contributed by atoms with Gasteiger partial charge in [0.15, 0.2) is 5.16 Å². The number of H-pyrrole nitrogens is 1. The van der Waals surface area contributed by atoms with Crippen molar-refractivity contribution in [3.63, 3.8) is 0 Å². The van der Waals surface area contributed by atoms with E-state index in [1.54, 1.807) is 0 Å². The highest BCUT2D eigenvalue weighted by Gasteiger charge is 2.00. The molecule has 0 spiro atoms. The highest BCUT2D eigenvalue weighted by Crippen LogP contribution is 2.16. The third-order valence-electron chi connectivity index (χ3n) is 2.35. The van der Waals surface area contributed by atoms with Crippen molar-refractivity contribution < 1.29 is 0 Å². The monoisotopic (exact) mass is 206 g/mol. The zero-order chi connectivity index (χ0) is 9.97. The summed E-state index contributed by atoms with van der Waals surface area (Å²) in [7, 11) is 0. The summed E-state index contributed by atoms with van der Waals surface area (Å²) >= 11 is 4.18. The number of aromatic nitrogens is 2. The number of aromatic amines is 1. The number of unbranched alkanes of at least 4 members (excludes halogenated alkanes) is 1. The minimum atomic E-state index is 0.688. The molecule has 0 aliphatic rings. The van der Waals surface area contributed by atoms with Gasteiger partial charge in [-0.2, -0.15) is 0 Å². The summed E-state index contributed by atoms with van der Waals surface area (Å²) in [5.41, 5.74) is 3.45. The molecule has 0 aliphatic carbocycles. The van der Waals surface area contributed by atoms with Crippen LogP contribution in [0.4, 0.5) is 0 Å². The average Bonchev–Trinajstić information content (AvgIpc) is 2.54. The first-order valence-electron chi connectivity index (χ1n) is 4.97. The van der Waals surface area contributed by atoms with E-state index in [4.69, 9.17) is 0 Å². The Balaban J connectivity index is 2.31. The Bertz CT molecular complexity index is 434. The molecule has 0 bridgehead atoms. The minimum absolute atomic E-state index is 0.688. The molecule has 1 heterocycles. The molecule has 1 aromatic carbocycles. The normalized spacial score (nSPS) is 11.0. The highest BCUT2D eigenvalue weighted by atomic mass is 32.1. The van der Waals surface area contributed by atoms with Gasteiger partial charge in [-0.25, -0.2) is 4.98 Å². The summed E-state index contributed by atoms with van der Waals surface area (Å²) in [6.45, 7) is 2.21. The molecule has 14 heavy (non-hydrogen) atoms. The smallest absolute Gasteiger partial charge is 0.163 e. The van der Waals surface area contributed by atoms with E-state index >= 15 is 0 Å². The van der Waals surface area contributed by atoms with Gasteiger partial charge < -0.3 is 4.98 Å². The number of rotatable bonds is 3. The quantitative estimate of drug-likeness (QED) is 0.742. The van der Waals surface area contributed by atoms with E-state index in [2.05, 4.69) is 47.7 Å². The molecule has 0 saturated carbocycles. The second-order valence-electron chi connectivity index (χ2n) is 3.52. The number of imidazole rings is 1. The summed E-state index contributed by atoms with van der Waals surface area (Å²) in [6, 6.07) is 6.36. The van der Waals surface area contributed by atoms with E-state index in [1.165, 1.54) is 18.4 Å². The van der Waals surface area contributed by atoms with Crippen LogP contribution >= 0.6 is 12.6 Å². The molecule has 0 saturated heterocycles. The zero-order valence-corrected chi connectivity index (χ0v) is 9.14. The van der Waals surface area contributed by atoms with E-state index in [0.717, 1.165) is 17.5 Å². The molecule has 2 aromatic rings. The maximum absolute atomic E-state index is 4.24. The van der Waals surface area contributed by atoms with E-state index in [9.17, 15) is 0 Å². The fourth-order valence-corrected chi connectivity index (χ4v) is 1.81. The third-order valence-corrected chi connectivity index (χ3v) is 2.56. The van der Waals surface area contributed by atoms with Crippen LogP contribution in [0, 0.1) is 0 Å². The number of nitrogens with zero attached hydrogens (tertiary/aromatic N) is 1. The molecule has 0 fully saturated rings. The lowest BCUT2D eigenvalue weighted by Crippen LogP contribution is -1.83. The second-order valence-corrected chi connectivity index (χ2v) is 3.94. The summed E-state index contributed by atoms with van der Waals surface area (Å²) in [4.78, 5) is 7.37. The lowest BCUT2D eigenvalue weighted by atomic mass is 10.1. The average molecular weight is 206 g/mol. The van der Waals surface area contributed by atoms with Crippen LogP contribution in [0.2, 0.25) is 0 Å². The largest absolute Gasteiger partial charge is 0.333 e. The molecule has 0 atom stereocenters. The number of benzene rings is 1. The molecule has 3 heteroatoms. The Morgan fingerprint density at radius 1 is 1.43 bits per heavy atom. The first-order valence-corrected chi connectivity index (χ1v) is 5.42. The van der Waals surface area contributed by atoms with Gasteiger partial charge in [0.25, 0.3) is 0 Å². The Morgan fingerprint density at radius 3 is 3.07 bits per heavy atom. The number of fused-ring (bicyclic) bond motifs is 1. The van der Waals surface area contributed by atoms with Crippen molar-refractivity contribution in [2.75, 3.05) is 0 Å². The first kappa shape index (κ1) is 9.59. The third kappa shape index (κ3) is 1.93. The van der Waals surface area contributed by atoms with Gasteiger partial charge in [-0.1, -0.05) is 19.4 Å². The Morgan fingerprint density at radius 2 is 2.29 bits per heavy atom. The number of thiol groups is 1. The van der Waals surface area contributed by atoms with Gasteiger partial charge in [-0.05, 0) is 30.5 Å². The molecule has 74 valence electrons. The molecule has 0 radical (unpaired) electrons. The van der Waals surface area contributed by atoms with Crippen molar-refractivity contribution in [3.8, 4) is 0 Å². The minimum Gasteiger partial charge on any atom is -0.333 e. The fourth-order valence-electron chi connectivity index (χ4n) is 1.58. The van der Waals surface area contributed by atoms with E-state index < -0.39 is 0 Å². The van der Waals surface area contributed by atoms with Crippen LogP contribution in [0.25, 0.3) is 11.0 Å². The fraction of sp³-hybridized carbons (Fsp3) is 0.364. The topological polar surface area (TPSA) is 28.7 Å². The van der Waals surface area contributed by atoms with Crippen LogP contribution in [0.15, 0.2) is 23.4 Å². The maximum atomic E-state index is 4.24. The molecular formula is C11H14N2S. The van der Waals surface area contributed by atoms with Crippen molar-refractivity contribution in [1.29, 1.82) is 0 Å². The molecule has 0 aliphatic heterocycles. The lowest BCUT2D eigenvalue weighted by molar-refractivity contribution is 0.796. The lowest BCUT2D eigenvalue weighted by Gasteiger charge is -1.98. The molecule has 2 rings (SSSR count). The molecule has 0 unspecified atom stereocenters. The Kier molecular flexibility index (Phi) is 2.77. The molecular weight excluding hydrogens is 192 g/mol. The number of hydrogen-bond acceptors (Lipinski definition) is 2. The van der Waals surface area contributed by atoms with E-state index in [1.807, 2.05) is 0 Å².